The average molecular weight is 186 g/mol. The van der Waals surface area contributed by atoms with Crippen molar-refractivity contribution in [1.29, 1.82) is 0 Å². The van der Waals surface area contributed by atoms with Gasteiger partial charge in [-0.15, -0.1) is 0 Å². The molecule has 1 aromatic rings. The second-order valence-electron chi connectivity index (χ2n) is 3.21. The van der Waals surface area contributed by atoms with Crippen molar-refractivity contribution in [3.8, 4) is 0 Å². The van der Waals surface area contributed by atoms with Crippen LogP contribution in [0.2, 0.25) is 0 Å². The van der Waals surface area contributed by atoms with Crippen molar-refractivity contribution in [2.45, 2.75) is 19.8 Å². The van der Waals surface area contributed by atoms with Crippen molar-refractivity contribution >= 4 is 0 Å². The second-order valence-corrected chi connectivity index (χ2v) is 3.21. The number of aliphatic hydroxyl groups excluding tert-OH is 1. The average Bonchev–Trinajstić information content (AvgIpc) is 2.10. The zero-order valence-corrected chi connectivity index (χ0v) is 7.64. The zero-order chi connectivity index (χ0) is 10.0. The van der Waals surface area contributed by atoms with Crippen LogP contribution in [-0.4, -0.2) is 11.7 Å². The number of hydrogen-bond donors (Lipinski definition) is 1. The quantitative estimate of drug-likeness (QED) is 0.751. The minimum Gasteiger partial charge on any atom is -0.396 e. The van der Waals surface area contributed by atoms with Crippen LogP contribution in [0, 0.1) is 18.6 Å². The van der Waals surface area contributed by atoms with E-state index in [9.17, 15) is 8.78 Å². The number of hydrogen-bond acceptors (Lipinski definition) is 1. The molecule has 0 fully saturated rings. The fraction of sp³-hybridized carbons (Fsp3) is 0.400. The fourth-order valence-corrected chi connectivity index (χ4v) is 1.14. The van der Waals surface area contributed by atoms with Crippen LogP contribution in [0.3, 0.4) is 0 Å². The molecule has 0 heterocycles. The van der Waals surface area contributed by atoms with E-state index in [1.54, 1.807) is 6.92 Å². The molecule has 0 bridgehead atoms. The molecule has 0 aromatic heterocycles. The Morgan fingerprint density at radius 2 is 1.92 bits per heavy atom. The summed E-state index contributed by atoms with van der Waals surface area (Å²) in [6.45, 7) is 2.97. The monoisotopic (exact) mass is 186 g/mol. The van der Waals surface area contributed by atoms with Crippen LogP contribution < -0.4 is 0 Å². The van der Waals surface area contributed by atoms with E-state index in [2.05, 4.69) is 0 Å². The lowest BCUT2D eigenvalue weighted by molar-refractivity contribution is 0.270. The first-order valence-electron chi connectivity index (χ1n) is 4.12. The van der Waals surface area contributed by atoms with Crippen molar-refractivity contribution < 1.29 is 13.9 Å². The third-order valence-electron chi connectivity index (χ3n) is 2.08. The number of aliphatic hydroxyl groups is 1. The molecule has 0 spiro atoms. The summed E-state index contributed by atoms with van der Waals surface area (Å²) in [7, 11) is 0. The molecule has 72 valence electrons. The maximum atomic E-state index is 13.2. The SMILES string of the molecule is Cc1cc(F)c(C(C)CO)cc1F. The first kappa shape index (κ1) is 10.1. The molecule has 1 unspecified atom stereocenters. The number of benzene rings is 1. The van der Waals surface area contributed by atoms with Gasteiger partial charge in [-0.05, 0) is 30.2 Å². The van der Waals surface area contributed by atoms with E-state index in [4.69, 9.17) is 5.11 Å². The van der Waals surface area contributed by atoms with E-state index < -0.39 is 11.6 Å². The highest BCUT2D eigenvalue weighted by Gasteiger charge is 2.12. The van der Waals surface area contributed by atoms with E-state index in [0.717, 1.165) is 12.1 Å². The molecule has 1 atom stereocenters. The van der Waals surface area contributed by atoms with Crippen LogP contribution in [0.5, 0.6) is 0 Å². The molecule has 13 heavy (non-hydrogen) atoms. The number of aryl methyl sites for hydroxylation is 1. The smallest absolute Gasteiger partial charge is 0.127 e. The molecule has 0 aliphatic rings. The van der Waals surface area contributed by atoms with Gasteiger partial charge < -0.3 is 5.11 Å². The molecular weight excluding hydrogens is 174 g/mol. The molecule has 1 rings (SSSR count). The van der Waals surface area contributed by atoms with Gasteiger partial charge in [0, 0.05) is 12.5 Å². The number of rotatable bonds is 2. The Balaban J connectivity index is 3.15. The van der Waals surface area contributed by atoms with E-state index in [1.165, 1.54) is 6.92 Å². The van der Waals surface area contributed by atoms with Gasteiger partial charge in [0.15, 0.2) is 0 Å². The maximum Gasteiger partial charge on any atom is 0.127 e. The van der Waals surface area contributed by atoms with Crippen LogP contribution >= 0.6 is 0 Å². The molecule has 0 saturated heterocycles. The Hall–Kier alpha value is -0.960. The van der Waals surface area contributed by atoms with Crippen LogP contribution in [0.4, 0.5) is 8.78 Å². The van der Waals surface area contributed by atoms with Gasteiger partial charge in [0.1, 0.15) is 11.6 Å². The van der Waals surface area contributed by atoms with Crippen LogP contribution in [0.1, 0.15) is 24.0 Å². The Labute approximate surface area is 76.0 Å². The largest absolute Gasteiger partial charge is 0.396 e. The van der Waals surface area contributed by atoms with Gasteiger partial charge in [-0.2, -0.15) is 0 Å². The van der Waals surface area contributed by atoms with E-state index >= 15 is 0 Å². The highest BCUT2D eigenvalue weighted by atomic mass is 19.1. The summed E-state index contributed by atoms with van der Waals surface area (Å²) in [5.74, 6) is -1.26. The van der Waals surface area contributed by atoms with E-state index in [1.807, 2.05) is 0 Å². The molecule has 1 aromatic carbocycles. The van der Waals surface area contributed by atoms with Gasteiger partial charge in [0.2, 0.25) is 0 Å². The van der Waals surface area contributed by atoms with Crippen molar-refractivity contribution in [2.24, 2.45) is 0 Å². The van der Waals surface area contributed by atoms with E-state index in [-0.39, 0.29) is 23.7 Å². The summed E-state index contributed by atoms with van der Waals surface area (Å²) >= 11 is 0. The minimum atomic E-state index is -0.458. The van der Waals surface area contributed by atoms with Crippen molar-refractivity contribution in [3.63, 3.8) is 0 Å². The van der Waals surface area contributed by atoms with Gasteiger partial charge >= 0.3 is 0 Å². The predicted octanol–water partition coefficient (Wildman–Crippen LogP) is 2.37. The highest BCUT2D eigenvalue weighted by Crippen LogP contribution is 2.21. The van der Waals surface area contributed by atoms with Gasteiger partial charge in [0.25, 0.3) is 0 Å². The lowest BCUT2D eigenvalue weighted by Crippen LogP contribution is -2.03. The summed E-state index contributed by atoms with van der Waals surface area (Å²) in [6, 6.07) is 2.29. The van der Waals surface area contributed by atoms with Crippen molar-refractivity contribution in [3.05, 3.63) is 34.9 Å². The van der Waals surface area contributed by atoms with Crippen LogP contribution in [0.15, 0.2) is 12.1 Å². The highest BCUT2D eigenvalue weighted by molar-refractivity contribution is 5.27. The summed E-state index contributed by atoms with van der Waals surface area (Å²) in [5, 5.41) is 8.78. The lowest BCUT2D eigenvalue weighted by Gasteiger charge is -2.10. The summed E-state index contributed by atoms with van der Waals surface area (Å²) in [6.07, 6.45) is 0. The minimum absolute atomic E-state index is 0.181. The first-order valence-corrected chi connectivity index (χ1v) is 4.12. The summed E-state index contributed by atoms with van der Waals surface area (Å²) in [5.41, 5.74) is 0.511. The first-order chi connectivity index (χ1) is 6.06. The van der Waals surface area contributed by atoms with Crippen LogP contribution in [0.25, 0.3) is 0 Å². The predicted molar refractivity (Wildman–Crippen MR) is 46.6 cm³/mol. The summed E-state index contributed by atoms with van der Waals surface area (Å²) in [4.78, 5) is 0. The normalized spacial score (nSPS) is 13.0. The molecule has 3 heteroatoms. The second kappa shape index (κ2) is 3.83. The molecule has 0 aliphatic carbocycles. The Morgan fingerprint density at radius 3 is 2.46 bits per heavy atom. The Bertz CT molecular complexity index is 310. The summed E-state index contributed by atoms with van der Waals surface area (Å²) < 4.78 is 26.2. The molecule has 1 N–H and O–H groups in total. The Kier molecular flexibility index (Phi) is 2.98. The van der Waals surface area contributed by atoms with Gasteiger partial charge in [-0.1, -0.05) is 6.92 Å². The Morgan fingerprint density at radius 1 is 1.31 bits per heavy atom. The molecule has 1 nitrogen and oxygen atoms in total. The molecule has 0 saturated carbocycles. The molecule has 0 aliphatic heterocycles. The van der Waals surface area contributed by atoms with Gasteiger partial charge in [0.05, 0.1) is 0 Å². The van der Waals surface area contributed by atoms with Crippen molar-refractivity contribution in [2.75, 3.05) is 6.61 Å². The standard InChI is InChI=1S/C10H12F2O/c1-6-3-10(12)8(4-9(6)11)7(2)5-13/h3-4,7,13H,5H2,1-2H3. The van der Waals surface area contributed by atoms with Crippen molar-refractivity contribution in [1.82, 2.24) is 0 Å². The van der Waals surface area contributed by atoms with Gasteiger partial charge in [-0.25, -0.2) is 8.78 Å². The molecule has 0 radical (unpaired) electrons. The van der Waals surface area contributed by atoms with E-state index in [0.29, 0.717) is 0 Å². The maximum absolute atomic E-state index is 13.2. The zero-order valence-electron chi connectivity index (χ0n) is 7.64. The third kappa shape index (κ3) is 2.04. The molecule has 0 amide bonds. The van der Waals surface area contributed by atoms with Crippen LogP contribution in [-0.2, 0) is 0 Å². The number of halogens is 2. The third-order valence-corrected chi connectivity index (χ3v) is 2.08. The lowest BCUT2D eigenvalue weighted by atomic mass is 10.00. The topological polar surface area (TPSA) is 20.2 Å². The fourth-order valence-electron chi connectivity index (χ4n) is 1.14. The molecular formula is C10H12F2O. The van der Waals surface area contributed by atoms with Gasteiger partial charge in [-0.3, -0.25) is 0 Å².